The highest BCUT2D eigenvalue weighted by molar-refractivity contribution is 5.03. The van der Waals surface area contributed by atoms with Crippen LogP contribution in [-0.4, -0.2) is 25.6 Å². The van der Waals surface area contributed by atoms with Gasteiger partial charge in [0.2, 0.25) is 0 Å². The molecule has 0 saturated heterocycles. The maximum absolute atomic E-state index is 4.41. The topological polar surface area (TPSA) is 47.7 Å². The SMILES string of the molecule is CCCNCc1cn(Cc2cncn2CCC)cn1. The van der Waals surface area contributed by atoms with Crippen LogP contribution in [0.3, 0.4) is 0 Å². The fourth-order valence-electron chi connectivity index (χ4n) is 2.09. The summed E-state index contributed by atoms with van der Waals surface area (Å²) in [4.78, 5) is 8.64. The summed E-state index contributed by atoms with van der Waals surface area (Å²) in [5.41, 5.74) is 2.32. The number of imidazole rings is 2. The van der Waals surface area contributed by atoms with Crippen LogP contribution in [0.15, 0.2) is 25.0 Å². The highest BCUT2D eigenvalue weighted by atomic mass is 15.1. The molecule has 0 aliphatic rings. The molecule has 0 fully saturated rings. The van der Waals surface area contributed by atoms with E-state index in [2.05, 4.69) is 44.5 Å². The van der Waals surface area contributed by atoms with Crippen LogP contribution >= 0.6 is 0 Å². The molecule has 5 heteroatoms. The molecule has 2 aromatic heterocycles. The minimum Gasteiger partial charge on any atom is -0.333 e. The van der Waals surface area contributed by atoms with E-state index in [-0.39, 0.29) is 0 Å². The molecule has 2 rings (SSSR count). The van der Waals surface area contributed by atoms with E-state index in [1.165, 1.54) is 5.69 Å². The first kappa shape index (κ1) is 13.8. The summed E-state index contributed by atoms with van der Waals surface area (Å²) in [5.74, 6) is 0. The van der Waals surface area contributed by atoms with Gasteiger partial charge in [-0.3, -0.25) is 0 Å². The molecular weight excluding hydrogens is 238 g/mol. The second-order valence-electron chi connectivity index (χ2n) is 4.79. The predicted octanol–water partition coefficient (Wildman–Crippen LogP) is 2.04. The fraction of sp³-hybridized carbons (Fsp3) is 0.571. The van der Waals surface area contributed by atoms with Crippen LogP contribution in [0.2, 0.25) is 0 Å². The third-order valence-corrected chi connectivity index (χ3v) is 3.03. The second-order valence-corrected chi connectivity index (χ2v) is 4.79. The van der Waals surface area contributed by atoms with Crippen molar-refractivity contribution in [3.63, 3.8) is 0 Å². The van der Waals surface area contributed by atoms with Gasteiger partial charge in [0.05, 0.1) is 30.6 Å². The Morgan fingerprint density at radius 2 is 2.11 bits per heavy atom. The summed E-state index contributed by atoms with van der Waals surface area (Å²) in [6.45, 7) is 8.08. The molecule has 0 aliphatic heterocycles. The Labute approximate surface area is 114 Å². The van der Waals surface area contributed by atoms with Gasteiger partial charge >= 0.3 is 0 Å². The van der Waals surface area contributed by atoms with Crippen LogP contribution in [0.1, 0.15) is 38.1 Å². The van der Waals surface area contributed by atoms with Crippen molar-refractivity contribution in [3.8, 4) is 0 Å². The molecule has 0 unspecified atom stereocenters. The summed E-state index contributed by atoms with van der Waals surface area (Å²) in [6.07, 6.45) is 10.1. The molecular formula is C14H23N5. The summed E-state index contributed by atoms with van der Waals surface area (Å²) in [6, 6.07) is 0. The number of rotatable bonds is 8. The Kier molecular flexibility index (Phi) is 5.15. The van der Waals surface area contributed by atoms with Gasteiger partial charge in [0.1, 0.15) is 0 Å². The summed E-state index contributed by atoms with van der Waals surface area (Å²) >= 11 is 0. The quantitative estimate of drug-likeness (QED) is 0.740. The molecule has 19 heavy (non-hydrogen) atoms. The maximum Gasteiger partial charge on any atom is 0.0953 e. The second kappa shape index (κ2) is 7.09. The minimum absolute atomic E-state index is 0.834. The molecule has 2 heterocycles. The van der Waals surface area contributed by atoms with E-state index in [4.69, 9.17) is 0 Å². The van der Waals surface area contributed by atoms with Gasteiger partial charge < -0.3 is 14.5 Å². The molecule has 0 spiro atoms. The largest absolute Gasteiger partial charge is 0.333 e. The van der Waals surface area contributed by atoms with E-state index in [0.29, 0.717) is 0 Å². The number of nitrogens with one attached hydrogen (secondary N) is 1. The Hall–Kier alpha value is -1.62. The van der Waals surface area contributed by atoms with Crippen LogP contribution < -0.4 is 5.32 Å². The lowest BCUT2D eigenvalue weighted by atomic mass is 10.4. The Morgan fingerprint density at radius 3 is 2.89 bits per heavy atom. The average Bonchev–Trinajstić information content (AvgIpc) is 3.02. The molecule has 0 radical (unpaired) electrons. The highest BCUT2D eigenvalue weighted by Crippen LogP contribution is 2.05. The number of hydrogen-bond acceptors (Lipinski definition) is 3. The molecule has 104 valence electrons. The molecule has 0 aromatic carbocycles. The van der Waals surface area contributed by atoms with Gasteiger partial charge in [-0.25, -0.2) is 9.97 Å². The van der Waals surface area contributed by atoms with E-state index in [1.807, 2.05) is 18.9 Å². The summed E-state index contributed by atoms with van der Waals surface area (Å²) in [5, 5.41) is 3.36. The summed E-state index contributed by atoms with van der Waals surface area (Å²) < 4.78 is 4.32. The van der Waals surface area contributed by atoms with Gasteiger partial charge in [-0.15, -0.1) is 0 Å². The van der Waals surface area contributed by atoms with Crippen molar-refractivity contribution in [2.24, 2.45) is 0 Å². The first-order valence-corrected chi connectivity index (χ1v) is 7.03. The molecule has 0 bridgehead atoms. The Balaban J connectivity index is 1.93. The van der Waals surface area contributed by atoms with Crippen molar-refractivity contribution < 1.29 is 0 Å². The Bertz CT molecular complexity index is 485. The van der Waals surface area contributed by atoms with Crippen molar-refractivity contribution in [1.82, 2.24) is 24.4 Å². The predicted molar refractivity (Wildman–Crippen MR) is 75.8 cm³/mol. The number of nitrogens with zero attached hydrogens (tertiary/aromatic N) is 4. The lowest BCUT2D eigenvalue weighted by Gasteiger charge is -2.06. The van der Waals surface area contributed by atoms with E-state index >= 15 is 0 Å². The van der Waals surface area contributed by atoms with Gasteiger partial charge in [0, 0.05) is 25.5 Å². The molecule has 2 aromatic rings. The molecule has 0 atom stereocenters. The number of hydrogen-bond donors (Lipinski definition) is 1. The van der Waals surface area contributed by atoms with E-state index < -0.39 is 0 Å². The van der Waals surface area contributed by atoms with Crippen molar-refractivity contribution in [2.75, 3.05) is 6.54 Å². The first-order valence-electron chi connectivity index (χ1n) is 7.03. The van der Waals surface area contributed by atoms with E-state index in [0.717, 1.165) is 44.7 Å². The molecule has 0 aliphatic carbocycles. The van der Waals surface area contributed by atoms with Gasteiger partial charge in [-0.05, 0) is 19.4 Å². The third kappa shape index (κ3) is 3.92. The monoisotopic (exact) mass is 261 g/mol. The van der Waals surface area contributed by atoms with Crippen LogP contribution in [0.5, 0.6) is 0 Å². The Morgan fingerprint density at radius 1 is 1.21 bits per heavy atom. The van der Waals surface area contributed by atoms with Crippen LogP contribution in [0, 0.1) is 0 Å². The number of aryl methyl sites for hydroxylation is 1. The van der Waals surface area contributed by atoms with Crippen molar-refractivity contribution in [1.29, 1.82) is 0 Å². The zero-order chi connectivity index (χ0) is 13.5. The summed E-state index contributed by atoms with van der Waals surface area (Å²) in [7, 11) is 0. The van der Waals surface area contributed by atoms with Crippen molar-refractivity contribution >= 4 is 0 Å². The highest BCUT2D eigenvalue weighted by Gasteiger charge is 2.04. The van der Waals surface area contributed by atoms with Crippen molar-refractivity contribution in [3.05, 3.63) is 36.4 Å². The molecule has 5 nitrogen and oxygen atoms in total. The van der Waals surface area contributed by atoms with Crippen LogP contribution in [-0.2, 0) is 19.6 Å². The van der Waals surface area contributed by atoms with Gasteiger partial charge in [0.15, 0.2) is 0 Å². The smallest absolute Gasteiger partial charge is 0.0953 e. The number of aromatic nitrogens is 4. The maximum atomic E-state index is 4.41. The van der Waals surface area contributed by atoms with E-state index in [1.54, 1.807) is 0 Å². The van der Waals surface area contributed by atoms with Gasteiger partial charge in [-0.1, -0.05) is 13.8 Å². The molecule has 0 amide bonds. The molecule has 0 saturated carbocycles. The standard InChI is InChI=1S/C14H23N5/c1-3-5-15-7-13-9-18(12-17-13)10-14-8-16-11-19(14)6-4-2/h8-9,11-12,15H,3-7,10H2,1-2H3. The fourth-order valence-corrected chi connectivity index (χ4v) is 2.09. The minimum atomic E-state index is 0.834. The third-order valence-electron chi connectivity index (χ3n) is 3.03. The average molecular weight is 261 g/mol. The van der Waals surface area contributed by atoms with Gasteiger partial charge in [-0.2, -0.15) is 0 Å². The van der Waals surface area contributed by atoms with E-state index in [9.17, 15) is 0 Å². The first-order chi connectivity index (χ1) is 9.33. The normalized spacial score (nSPS) is 11.1. The van der Waals surface area contributed by atoms with Crippen LogP contribution in [0.4, 0.5) is 0 Å². The van der Waals surface area contributed by atoms with Crippen LogP contribution in [0.25, 0.3) is 0 Å². The lowest BCUT2D eigenvalue weighted by Crippen LogP contribution is -2.13. The lowest BCUT2D eigenvalue weighted by molar-refractivity contribution is 0.622. The van der Waals surface area contributed by atoms with Crippen molar-refractivity contribution in [2.45, 2.75) is 46.3 Å². The molecule has 1 N–H and O–H groups in total. The van der Waals surface area contributed by atoms with Gasteiger partial charge in [0.25, 0.3) is 0 Å². The zero-order valence-corrected chi connectivity index (χ0v) is 11.8. The zero-order valence-electron chi connectivity index (χ0n) is 11.8.